The van der Waals surface area contributed by atoms with E-state index < -0.39 is 0 Å². The Balaban J connectivity index is 1.62. The third-order valence-electron chi connectivity index (χ3n) is 5.75. The summed E-state index contributed by atoms with van der Waals surface area (Å²) in [6.45, 7) is 1.88. The summed E-state index contributed by atoms with van der Waals surface area (Å²) >= 11 is 0. The molecule has 0 heterocycles. The topological polar surface area (TPSA) is 0 Å². The van der Waals surface area contributed by atoms with Crippen molar-refractivity contribution >= 4 is 0 Å². The van der Waals surface area contributed by atoms with Gasteiger partial charge in [-0.05, 0) is 61.5 Å². The van der Waals surface area contributed by atoms with Gasteiger partial charge in [-0.3, -0.25) is 0 Å². The molecule has 2 aliphatic rings. The molecular weight excluding hydrogens is 247 g/mol. The quantitative estimate of drug-likeness (QED) is 0.621. The fourth-order valence-electron chi connectivity index (χ4n) is 4.49. The van der Waals surface area contributed by atoms with E-state index in [-0.39, 0.29) is 5.82 Å². The molecule has 1 aromatic rings. The van der Waals surface area contributed by atoms with Gasteiger partial charge in [0.05, 0.1) is 0 Å². The van der Waals surface area contributed by atoms with Gasteiger partial charge >= 0.3 is 0 Å². The van der Waals surface area contributed by atoms with Crippen LogP contribution in [0.4, 0.5) is 4.39 Å². The summed E-state index contributed by atoms with van der Waals surface area (Å²) in [5, 5.41) is 0. The highest BCUT2D eigenvalue weighted by atomic mass is 19.1. The monoisotopic (exact) mass is 274 g/mol. The molecule has 1 heteroatoms. The van der Waals surface area contributed by atoms with Gasteiger partial charge in [0.25, 0.3) is 0 Å². The van der Waals surface area contributed by atoms with Crippen LogP contribution in [-0.4, -0.2) is 0 Å². The fraction of sp³-hybridized carbons (Fsp3) is 0.684. The van der Waals surface area contributed by atoms with Crippen molar-refractivity contribution in [2.45, 2.75) is 70.6 Å². The summed E-state index contributed by atoms with van der Waals surface area (Å²) in [5.74, 6) is 2.43. The van der Waals surface area contributed by atoms with Crippen LogP contribution in [0.2, 0.25) is 0 Å². The highest BCUT2D eigenvalue weighted by Crippen LogP contribution is 2.43. The van der Waals surface area contributed by atoms with Crippen LogP contribution in [0.15, 0.2) is 18.2 Å². The first-order chi connectivity index (χ1) is 9.75. The molecular formula is C19H27F. The van der Waals surface area contributed by atoms with Crippen LogP contribution in [0, 0.1) is 24.6 Å². The molecule has 0 saturated heterocycles. The van der Waals surface area contributed by atoms with Crippen LogP contribution in [0.5, 0.6) is 0 Å². The summed E-state index contributed by atoms with van der Waals surface area (Å²) in [6.07, 6.45) is 12.3. The number of rotatable bonds is 2. The first-order valence-electron chi connectivity index (χ1n) is 8.50. The number of halogens is 1. The zero-order valence-corrected chi connectivity index (χ0v) is 12.7. The van der Waals surface area contributed by atoms with Crippen molar-refractivity contribution in [2.24, 2.45) is 11.8 Å². The standard InChI is InChI=1S/C19H27F/c1-14-6-5-9-18(19(14)20)17-12-10-16(11-13-17)15-7-3-2-4-8-15/h5-6,9,15-17H,2-4,7-8,10-13H2,1H3. The normalized spacial score (nSPS) is 28.5. The van der Waals surface area contributed by atoms with Crippen LogP contribution >= 0.6 is 0 Å². The molecule has 2 aliphatic carbocycles. The van der Waals surface area contributed by atoms with Crippen LogP contribution in [-0.2, 0) is 0 Å². The minimum Gasteiger partial charge on any atom is -0.206 e. The Labute approximate surface area is 122 Å². The summed E-state index contributed by atoms with van der Waals surface area (Å²) < 4.78 is 14.2. The van der Waals surface area contributed by atoms with Crippen molar-refractivity contribution in [1.29, 1.82) is 0 Å². The average molecular weight is 274 g/mol. The maximum Gasteiger partial charge on any atom is 0.129 e. The van der Waals surface area contributed by atoms with E-state index in [4.69, 9.17) is 0 Å². The van der Waals surface area contributed by atoms with Gasteiger partial charge in [-0.1, -0.05) is 50.3 Å². The minimum absolute atomic E-state index is 0.0496. The Hall–Kier alpha value is -0.850. The molecule has 0 amide bonds. The van der Waals surface area contributed by atoms with Crippen molar-refractivity contribution in [3.63, 3.8) is 0 Å². The molecule has 0 unspecified atom stereocenters. The van der Waals surface area contributed by atoms with E-state index in [0.717, 1.165) is 23.0 Å². The summed E-state index contributed by atoms with van der Waals surface area (Å²) in [4.78, 5) is 0. The van der Waals surface area contributed by atoms with Gasteiger partial charge in [0.15, 0.2) is 0 Å². The number of aryl methyl sites for hydroxylation is 1. The van der Waals surface area contributed by atoms with Crippen LogP contribution in [0.25, 0.3) is 0 Å². The smallest absolute Gasteiger partial charge is 0.129 e. The van der Waals surface area contributed by atoms with Gasteiger partial charge < -0.3 is 0 Å². The second-order valence-corrected chi connectivity index (χ2v) is 6.99. The Morgan fingerprint density at radius 2 is 1.50 bits per heavy atom. The lowest BCUT2D eigenvalue weighted by atomic mass is 9.70. The lowest BCUT2D eigenvalue weighted by Crippen LogP contribution is -2.23. The molecule has 0 atom stereocenters. The van der Waals surface area contributed by atoms with Crippen LogP contribution < -0.4 is 0 Å². The Morgan fingerprint density at radius 3 is 2.20 bits per heavy atom. The van der Waals surface area contributed by atoms with Crippen molar-refractivity contribution < 1.29 is 4.39 Å². The molecule has 0 bridgehead atoms. The zero-order chi connectivity index (χ0) is 13.9. The van der Waals surface area contributed by atoms with Crippen LogP contribution in [0.3, 0.4) is 0 Å². The van der Waals surface area contributed by atoms with Gasteiger partial charge in [0, 0.05) is 0 Å². The van der Waals surface area contributed by atoms with E-state index in [1.54, 1.807) is 0 Å². The second-order valence-electron chi connectivity index (χ2n) is 6.99. The predicted molar refractivity (Wildman–Crippen MR) is 82.4 cm³/mol. The molecule has 20 heavy (non-hydrogen) atoms. The lowest BCUT2D eigenvalue weighted by Gasteiger charge is -2.36. The molecule has 0 N–H and O–H groups in total. The van der Waals surface area contributed by atoms with Gasteiger partial charge in [-0.15, -0.1) is 0 Å². The second kappa shape index (κ2) is 6.28. The van der Waals surface area contributed by atoms with Gasteiger partial charge in [0.1, 0.15) is 5.82 Å². The lowest BCUT2D eigenvalue weighted by molar-refractivity contribution is 0.185. The van der Waals surface area contributed by atoms with Crippen LogP contribution in [0.1, 0.15) is 74.8 Å². The van der Waals surface area contributed by atoms with Gasteiger partial charge in [-0.2, -0.15) is 0 Å². The maximum atomic E-state index is 14.2. The molecule has 3 rings (SSSR count). The molecule has 0 aliphatic heterocycles. The average Bonchev–Trinajstić information content (AvgIpc) is 2.51. The maximum absolute atomic E-state index is 14.2. The fourth-order valence-corrected chi connectivity index (χ4v) is 4.49. The van der Waals surface area contributed by atoms with E-state index in [1.165, 1.54) is 57.8 Å². The molecule has 0 spiro atoms. The van der Waals surface area contributed by atoms with Crippen molar-refractivity contribution in [3.8, 4) is 0 Å². The minimum atomic E-state index is 0.0496. The Bertz CT molecular complexity index is 437. The largest absolute Gasteiger partial charge is 0.206 e. The number of benzene rings is 1. The predicted octanol–water partition coefficient (Wildman–Crippen LogP) is 5.99. The van der Waals surface area contributed by atoms with Gasteiger partial charge in [-0.25, -0.2) is 4.39 Å². The Kier molecular flexibility index (Phi) is 4.43. The highest BCUT2D eigenvalue weighted by Gasteiger charge is 2.30. The third-order valence-corrected chi connectivity index (χ3v) is 5.75. The molecule has 2 saturated carbocycles. The van der Waals surface area contributed by atoms with E-state index >= 15 is 0 Å². The summed E-state index contributed by atoms with van der Waals surface area (Å²) in [6, 6.07) is 5.90. The molecule has 0 nitrogen and oxygen atoms in total. The molecule has 0 aromatic heterocycles. The van der Waals surface area contributed by atoms with Crippen molar-refractivity contribution in [1.82, 2.24) is 0 Å². The highest BCUT2D eigenvalue weighted by molar-refractivity contribution is 5.28. The van der Waals surface area contributed by atoms with E-state index in [2.05, 4.69) is 0 Å². The molecule has 1 aromatic carbocycles. The third kappa shape index (κ3) is 2.92. The Morgan fingerprint density at radius 1 is 0.850 bits per heavy atom. The molecule has 0 radical (unpaired) electrons. The molecule has 110 valence electrons. The van der Waals surface area contributed by atoms with Crippen molar-refractivity contribution in [3.05, 3.63) is 35.1 Å². The SMILES string of the molecule is Cc1cccc(C2CCC(C3CCCCC3)CC2)c1F. The van der Waals surface area contributed by atoms with Crippen molar-refractivity contribution in [2.75, 3.05) is 0 Å². The first-order valence-corrected chi connectivity index (χ1v) is 8.50. The summed E-state index contributed by atoms with van der Waals surface area (Å²) in [5.41, 5.74) is 1.78. The zero-order valence-electron chi connectivity index (χ0n) is 12.7. The van der Waals surface area contributed by atoms with E-state index in [9.17, 15) is 4.39 Å². The van der Waals surface area contributed by atoms with E-state index in [1.807, 2.05) is 25.1 Å². The number of hydrogen-bond acceptors (Lipinski definition) is 0. The molecule has 2 fully saturated rings. The van der Waals surface area contributed by atoms with Gasteiger partial charge in [0.2, 0.25) is 0 Å². The number of hydrogen-bond donors (Lipinski definition) is 0. The first kappa shape index (κ1) is 14.1. The summed E-state index contributed by atoms with van der Waals surface area (Å²) in [7, 11) is 0. The van der Waals surface area contributed by atoms with E-state index in [0.29, 0.717) is 5.92 Å².